The van der Waals surface area contributed by atoms with Crippen LogP contribution in [-0.4, -0.2) is 32.3 Å². The molecule has 0 bridgehead atoms. The SMILES string of the molecule is COC(=O)c1c(OC)c(OC)cc2cnccc12. The number of rotatable bonds is 3. The molecule has 1 aromatic carbocycles. The lowest BCUT2D eigenvalue weighted by atomic mass is 10.0. The molecule has 0 N–H and O–H groups in total. The lowest BCUT2D eigenvalue weighted by Gasteiger charge is -2.14. The van der Waals surface area contributed by atoms with Crippen LogP contribution in [0.3, 0.4) is 0 Å². The number of carbonyl (C=O) groups excluding carboxylic acids is 1. The van der Waals surface area contributed by atoms with Crippen molar-refractivity contribution < 1.29 is 19.0 Å². The molecular formula is C13H13NO4. The summed E-state index contributed by atoms with van der Waals surface area (Å²) in [6, 6.07) is 3.51. The third-order valence-electron chi connectivity index (χ3n) is 2.67. The summed E-state index contributed by atoms with van der Waals surface area (Å²) in [7, 11) is 4.33. The predicted molar refractivity (Wildman–Crippen MR) is 66.2 cm³/mol. The minimum atomic E-state index is -0.470. The van der Waals surface area contributed by atoms with E-state index in [0.29, 0.717) is 17.1 Å². The van der Waals surface area contributed by atoms with Crippen molar-refractivity contribution in [3.8, 4) is 11.5 Å². The van der Waals surface area contributed by atoms with Gasteiger partial charge >= 0.3 is 5.97 Å². The molecule has 0 saturated carbocycles. The number of fused-ring (bicyclic) bond motifs is 1. The number of hydrogen-bond acceptors (Lipinski definition) is 5. The van der Waals surface area contributed by atoms with Gasteiger partial charge in [0.2, 0.25) is 0 Å². The largest absolute Gasteiger partial charge is 0.493 e. The van der Waals surface area contributed by atoms with E-state index in [1.807, 2.05) is 0 Å². The topological polar surface area (TPSA) is 57.7 Å². The second-order valence-electron chi connectivity index (χ2n) is 3.58. The van der Waals surface area contributed by atoms with Gasteiger partial charge in [-0.25, -0.2) is 4.79 Å². The number of methoxy groups -OCH3 is 3. The van der Waals surface area contributed by atoms with Crippen LogP contribution in [0, 0.1) is 0 Å². The van der Waals surface area contributed by atoms with E-state index < -0.39 is 5.97 Å². The van der Waals surface area contributed by atoms with Gasteiger partial charge in [0.05, 0.1) is 21.3 Å². The zero-order valence-corrected chi connectivity index (χ0v) is 10.4. The summed E-state index contributed by atoms with van der Waals surface area (Å²) in [4.78, 5) is 15.9. The monoisotopic (exact) mass is 247 g/mol. The standard InChI is InChI=1S/C13H13NO4/c1-16-10-6-8-7-14-5-4-9(8)11(12(10)17-2)13(15)18-3/h4-7H,1-3H3. The van der Waals surface area contributed by atoms with Crippen molar-refractivity contribution in [2.45, 2.75) is 0 Å². The third kappa shape index (κ3) is 1.84. The zero-order chi connectivity index (χ0) is 13.1. The summed E-state index contributed by atoms with van der Waals surface area (Å²) in [6.07, 6.45) is 3.27. The summed E-state index contributed by atoms with van der Waals surface area (Å²) in [5.74, 6) is 0.364. The van der Waals surface area contributed by atoms with Gasteiger partial charge in [0, 0.05) is 23.2 Å². The van der Waals surface area contributed by atoms with Gasteiger partial charge in [-0.1, -0.05) is 0 Å². The number of nitrogens with zero attached hydrogens (tertiary/aromatic N) is 1. The van der Waals surface area contributed by atoms with E-state index in [-0.39, 0.29) is 0 Å². The van der Waals surface area contributed by atoms with Crippen molar-refractivity contribution in [3.63, 3.8) is 0 Å². The second kappa shape index (κ2) is 4.91. The van der Waals surface area contributed by atoms with Gasteiger partial charge in [-0.15, -0.1) is 0 Å². The van der Waals surface area contributed by atoms with Gasteiger partial charge in [-0.3, -0.25) is 4.98 Å². The van der Waals surface area contributed by atoms with E-state index in [1.54, 1.807) is 24.5 Å². The van der Waals surface area contributed by atoms with Crippen LogP contribution in [-0.2, 0) is 4.74 Å². The van der Waals surface area contributed by atoms with Crippen LogP contribution >= 0.6 is 0 Å². The van der Waals surface area contributed by atoms with Gasteiger partial charge < -0.3 is 14.2 Å². The average Bonchev–Trinajstić information content (AvgIpc) is 2.44. The molecule has 0 saturated heterocycles. The smallest absolute Gasteiger partial charge is 0.342 e. The lowest BCUT2D eigenvalue weighted by Crippen LogP contribution is -2.06. The number of benzene rings is 1. The van der Waals surface area contributed by atoms with Crippen LogP contribution in [0.5, 0.6) is 11.5 Å². The molecule has 0 unspecified atom stereocenters. The van der Waals surface area contributed by atoms with Crippen molar-refractivity contribution in [2.75, 3.05) is 21.3 Å². The summed E-state index contributed by atoms with van der Waals surface area (Å²) in [5.41, 5.74) is 0.344. The quantitative estimate of drug-likeness (QED) is 0.777. The maximum absolute atomic E-state index is 11.9. The Labute approximate surface area is 104 Å². The van der Waals surface area contributed by atoms with Crippen molar-refractivity contribution in [1.29, 1.82) is 0 Å². The minimum absolute atomic E-state index is 0.344. The van der Waals surface area contributed by atoms with Crippen molar-refractivity contribution >= 4 is 16.7 Å². The van der Waals surface area contributed by atoms with Crippen LogP contribution in [0.4, 0.5) is 0 Å². The molecule has 2 rings (SSSR count). The molecule has 0 aliphatic carbocycles. The average molecular weight is 247 g/mol. The van der Waals surface area contributed by atoms with E-state index in [2.05, 4.69) is 4.98 Å². The Hall–Kier alpha value is -2.30. The predicted octanol–water partition coefficient (Wildman–Crippen LogP) is 2.04. The number of aromatic nitrogens is 1. The number of esters is 1. The summed E-state index contributed by atoms with van der Waals surface area (Å²) in [6.45, 7) is 0. The van der Waals surface area contributed by atoms with Gasteiger partial charge in [0.15, 0.2) is 11.5 Å². The van der Waals surface area contributed by atoms with E-state index in [9.17, 15) is 4.79 Å². The fourth-order valence-electron chi connectivity index (χ4n) is 1.86. The summed E-state index contributed by atoms with van der Waals surface area (Å²) in [5, 5.41) is 1.50. The second-order valence-corrected chi connectivity index (χ2v) is 3.58. The van der Waals surface area contributed by atoms with Crippen LogP contribution in [0.15, 0.2) is 24.5 Å². The lowest BCUT2D eigenvalue weighted by molar-refractivity contribution is 0.0599. The van der Waals surface area contributed by atoms with Crippen molar-refractivity contribution in [3.05, 3.63) is 30.1 Å². The highest BCUT2D eigenvalue weighted by atomic mass is 16.5. The zero-order valence-electron chi connectivity index (χ0n) is 10.4. The summed E-state index contributed by atoms with van der Waals surface area (Å²) < 4.78 is 15.3. The first-order valence-electron chi connectivity index (χ1n) is 5.30. The Kier molecular flexibility index (Phi) is 3.32. The van der Waals surface area contributed by atoms with Gasteiger partial charge in [-0.05, 0) is 12.1 Å². The molecule has 0 atom stereocenters. The van der Waals surface area contributed by atoms with E-state index in [1.165, 1.54) is 21.3 Å². The Morgan fingerprint density at radius 3 is 2.61 bits per heavy atom. The number of pyridine rings is 1. The molecule has 5 nitrogen and oxygen atoms in total. The van der Waals surface area contributed by atoms with E-state index >= 15 is 0 Å². The molecule has 0 radical (unpaired) electrons. The number of ether oxygens (including phenoxy) is 3. The molecule has 0 aliphatic heterocycles. The number of carbonyl (C=O) groups is 1. The highest BCUT2D eigenvalue weighted by Crippen LogP contribution is 2.37. The van der Waals surface area contributed by atoms with Crippen LogP contribution in [0.2, 0.25) is 0 Å². The minimum Gasteiger partial charge on any atom is -0.493 e. The molecule has 1 aromatic heterocycles. The first-order valence-corrected chi connectivity index (χ1v) is 5.30. The van der Waals surface area contributed by atoms with Crippen LogP contribution in [0.25, 0.3) is 10.8 Å². The first kappa shape index (κ1) is 12.2. The maximum Gasteiger partial charge on any atom is 0.342 e. The van der Waals surface area contributed by atoms with E-state index in [4.69, 9.17) is 14.2 Å². The molecule has 1 heterocycles. The van der Waals surface area contributed by atoms with Crippen molar-refractivity contribution in [2.24, 2.45) is 0 Å². The third-order valence-corrected chi connectivity index (χ3v) is 2.67. The first-order chi connectivity index (χ1) is 8.72. The molecule has 0 amide bonds. The number of hydrogen-bond donors (Lipinski definition) is 0. The Bertz CT molecular complexity index is 595. The highest BCUT2D eigenvalue weighted by Gasteiger charge is 2.21. The highest BCUT2D eigenvalue weighted by molar-refractivity contribution is 6.08. The fourth-order valence-corrected chi connectivity index (χ4v) is 1.86. The fraction of sp³-hybridized carbons (Fsp3) is 0.231. The van der Waals surface area contributed by atoms with E-state index in [0.717, 1.165) is 10.8 Å². The molecule has 0 fully saturated rings. The van der Waals surface area contributed by atoms with Gasteiger partial charge in [0.25, 0.3) is 0 Å². The summed E-state index contributed by atoms with van der Waals surface area (Å²) >= 11 is 0. The molecule has 18 heavy (non-hydrogen) atoms. The molecule has 0 aliphatic rings. The van der Waals surface area contributed by atoms with Gasteiger partial charge in [0.1, 0.15) is 5.56 Å². The van der Waals surface area contributed by atoms with Gasteiger partial charge in [-0.2, -0.15) is 0 Å². The Balaban J connectivity index is 2.86. The van der Waals surface area contributed by atoms with Crippen molar-refractivity contribution in [1.82, 2.24) is 4.98 Å². The van der Waals surface area contributed by atoms with Crippen LogP contribution in [0.1, 0.15) is 10.4 Å². The molecule has 0 spiro atoms. The molecular weight excluding hydrogens is 234 g/mol. The Morgan fingerprint density at radius 1 is 1.22 bits per heavy atom. The molecule has 5 heteroatoms. The molecule has 2 aromatic rings. The normalized spacial score (nSPS) is 10.2. The maximum atomic E-state index is 11.9. The Morgan fingerprint density at radius 2 is 2.00 bits per heavy atom. The molecule has 94 valence electrons. The van der Waals surface area contributed by atoms with Crippen LogP contribution < -0.4 is 9.47 Å².